The van der Waals surface area contributed by atoms with E-state index in [1.807, 2.05) is 0 Å². The van der Waals surface area contributed by atoms with E-state index in [0.717, 1.165) is 4.90 Å². The monoisotopic (exact) mass is 275 g/mol. The van der Waals surface area contributed by atoms with Crippen LogP contribution in [0, 0.1) is 0 Å². The minimum Gasteiger partial charge on any atom is -0.395 e. The van der Waals surface area contributed by atoms with Crippen molar-refractivity contribution in [1.29, 1.82) is 0 Å². The SMILES string of the molecule is Cn1ncc2c(N(CCO)CC(F)(F)F)ncnc21. The molecular weight excluding hydrogens is 263 g/mol. The molecule has 1 N–H and O–H groups in total. The first-order valence-corrected chi connectivity index (χ1v) is 5.47. The van der Waals surface area contributed by atoms with Gasteiger partial charge in [-0.25, -0.2) is 9.97 Å². The molecule has 2 heterocycles. The Morgan fingerprint density at radius 3 is 2.74 bits per heavy atom. The van der Waals surface area contributed by atoms with Gasteiger partial charge in [0.15, 0.2) is 5.65 Å². The molecule has 104 valence electrons. The van der Waals surface area contributed by atoms with Crippen LogP contribution in [0.15, 0.2) is 12.5 Å². The molecule has 6 nitrogen and oxygen atoms in total. The third kappa shape index (κ3) is 2.92. The van der Waals surface area contributed by atoms with Crippen molar-refractivity contribution in [2.24, 2.45) is 7.05 Å². The maximum Gasteiger partial charge on any atom is 0.405 e. The van der Waals surface area contributed by atoms with Crippen LogP contribution in [0.4, 0.5) is 19.0 Å². The number of rotatable bonds is 4. The van der Waals surface area contributed by atoms with E-state index in [9.17, 15) is 13.2 Å². The minimum absolute atomic E-state index is 0.115. The summed E-state index contributed by atoms with van der Waals surface area (Å²) in [4.78, 5) is 8.80. The van der Waals surface area contributed by atoms with Gasteiger partial charge in [0.05, 0.1) is 18.2 Å². The summed E-state index contributed by atoms with van der Waals surface area (Å²) in [5.74, 6) is 0.115. The van der Waals surface area contributed by atoms with Crippen LogP contribution in [0.25, 0.3) is 11.0 Å². The predicted octanol–water partition coefficient (Wildman–Crippen LogP) is 0.724. The number of anilines is 1. The Labute approximate surface area is 106 Å². The lowest BCUT2D eigenvalue weighted by Crippen LogP contribution is -2.37. The quantitative estimate of drug-likeness (QED) is 0.890. The van der Waals surface area contributed by atoms with Crippen molar-refractivity contribution in [3.8, 4) is 0 Å². The van der Waals surface area contributed by atoms with Gasteiger partial charge in [-0.05, 0) is 0 Å². The highest BCUT2D eigenvalue weighted by Crippen LogP contribution is 2.25. The molecule has 2 aromatic rings. The third-order valence-electron chi connectivity index (χ3n) is 2.55. The second-order valence-corrected chi connectivity index (χ2v) is 3.96. The summed E-state index contributed by atoms with van der Waals surface area (Å²) in [5, 5.41) is 13.3. The van der Waals surface area contributed by atoms with E-state index in [1.165, 1.54) is 17.2 Å². The lowest BCUT2D eigenvalue weighted by atomic mass is 10.3. The van der Waals surface area contributed by atoms with Crippen molar-refractivity contribution in [3.05, 3.63) is 12.5 Å². The van der Waals surface area contributed by atoms with Crippen LogP contribution in [0.2, 0.25) is 0 Å². The van der Waals surface area contributed by atoms with Gasteiger partial charge < -0.3 is 10.0 Å². The second-order valence-electron chi connectivity index (χ2n) is 3.96. The first-order valence-electron chi connectivity index (χ1n) is 5.47. The molecule has 2 aromatic heterocycles. The molecule has 0 aliphatic carbocycles. The highest BCUT2D eigenvalue weighted by Gasteiger charge is 2.32. The Balaban J connectivity index is 2.44. The fourth-order valence-electron chi connectivity index (χ4n) is 1.80. The lowest BCUT2D eigenvalue weighted by Gasteiger charge is -2.24. The van der Waals surface area contributed by atoms with Gasteiger partial charge in [-0.2, -0.15) is 18.3 Å². The van der Waals surface area contributed by atoms with Crippen LogP contribution < -0.4 is 4.90 Å². The van der Waals surface area contributed by atoms with Gasteiger partial charge in [0.25, 0.3) is 0 Å². The average Bonchev–Trinajstić information content (AvgIpc) is 2.69. The van der Waals surface area contributed by atoms with Crippen LogP contribution in [0.3, 0.4) is 0 Å². The van der Waals surface area contributed by atoms with Crippen molar-refractivity contribution in [1.82, 2.24) is 19.7 Å². The molecule has 0 spiro atoms. The second kappa shape index (κ2) is 5.00. The maximum atomic E-state index is 12.5. The van der Waals surface area contributed by atoms with Gasteiger partial charge in [-0.3, -0.25) is 4.68 Å². The zero-order valence-corrected chi connectivity index (χ0v) is 10.1. The Kier molecular flexibility index (Phi) is 3.56. The van der Waals surface area contributed by atoms with E-state index in [0.29, 0.717) is 11.0 Å². The van der Waals surface area contributed by atoms with E-state index in [-0.39, 0.29) is 12.4 Å². The minimum atomic E-state index is -4.38. The molecular formula is C10H12F3N5O. The van der Waals surface area contributed by atoms with Gasteiger partial charge in [0.2, 0.25) is 0 Å². The van der Waals surface area contributed by atoms with Gasteiger partial charge in [-0.15, -0.1) is 0 Å². The largest absolute Gasteiger partial charge is 0.405 e. The first-order chi connectivity index (χ1) is 8.92. The van der Waals surface area contributed by atoms with Crippen molar-refractivity contribution in [3.63, 3.8) is 0 Å². The van der Waals surface area contributed by atoms with Crippen LogP contribution in [-0.2, 0) is 7.05 Å². The zero-order valence-electron chi connectivity index (χ0n) is 10.1. The fourth-order valence-corrected chi connectivity index (χ4v) is 1.80. The summed E-state index contributed by atoms with van der Waals surface area (Å²) in [6.45, 7) is -1.75. The zero-order chi connectivity index (χ0) is 14.0. The lowest BCUT2D eigenvalue weighted by molar-refractivity contribution is -0.119. The number of aliphatic hydroxyl groups is 1. The molecule has 0 bridgehead atoms. The van der Waals surface area contributed by atoms with Gasteiger partial charge >= 0.3 is 6.18 Å². The van der Waals surface area contributed by atoms with Crippen LogP contribution in [-0.4, -0.2) is 50.7 Å². The van der Waals surface area contributed by atoms with Crippen LogP contribution in [0.1, 0.15) is 0 Å². The Hall–Kier alpha value is -1.90. The van der Waals surface area contributed by atoms with E-state index < -0.39 is 19.3 Å². The normalized spacial score (nSPS) is 12.1. The molecule has 0 aliphatic rings. The van der Waals surface area contributed by atoms with E-state index >= 15 is 0 Å². The maximum absolute atomic E-state index is 12.5. The Bertz CT molecular complexity index is 568. The Morgan fingerprint density at radius 2 is 2.11 bits per heavy atom. The number of nitrogens with zero attached hydrogens (tertiary/aromatic N) is 5. The molecule has 9 heteroatoms. The molecule has 0 saturated heterocycles. The number of aryl methyl sites for hydroxylation is 1. The molecule has 19 heavy (non-hydrogen) atoms. The number of halogens is 3. The molecule has 0 radical (unpaired) electrons. The number of aromatic nitrogens is 4. The summed E-state index contributed by atoms with van der Waals surface area (Å²) in [6.07, 6.45) is -1.79. The molecule has 0 fully saturated rings. The van der Waals surface area contributed by atoms with Gasteiger partial charge in [0.1, 0.15) is 18.7 Å². The van der Waals surface area contributed by atoms with Crippen LogP contribution in [0.5, 0.6) is 0 Å². The predicted molar refractivity (Wildman–Crippen MR) is 61.7 cm³/mol. The van der Waals surface area contributed by atoms with E-state index in [4.69, 9.17) is 5.11 Å². The number of aliphatic hydroxyl groups excluding tert-OH is 1. The van der Waals surface area contributed by atoms with Crippen molar-refractivity contribution in [2.75, 3.05) is 24.6 Å². The highest BCUT2D eigenvalue weighted by atomic mass is 19.4. The molecule has 0 aromatic carbocycles. The van der Waals surface area contributed by atoms with Gasteiger partial charge in [0, 0.05) is 13.6 Å². The van der Waals surface area contributed by atoms with E-state index in [2.05, 4.69) is 15.1 Å². The molecule has 0 amide bonds. The number of fused-ring (bicyclic) bond motifs is 1. The van der Waals surface area contributed by atoms with Crippen molar-refractivity contribution in [2.45, 2.75) is 6.18 Å². The molecule has 0 atom stereocenters. The van der Waals surface area contributed by atoms with Crippen molar-refractivity contribution >= 4 is 16.9 Å². The molecule has 2 rings (SSSR count). The summed E-state index contributed by atoms with van der Waals surface area (Å²) in [6, 6.07) is 0. The van der Waals surface area contributed by atoms with Gasteiger partial charge in [-0.1, -0.05) is 0 Å². The third-order valence-corrected chi connectivity index (χ3v) is 2.55. The summed E-state index contributed by atoms with van der Waals surface area (Å²) in [7, 11) is 1.64. The molecule has 0 unspecified atom stereocenters. The van der Waals surface area contributed by atoms with Crippen molar-refractivity contribution < 1.29 is 18.3 Å². The molecule has 0 saturated carbocycles. The van der Waals surface area contributed by atoms with E-state index in [1.54, 1.807) is 7.05 Å². The van der Waals surface area contributed by atoms with Crippen LogP contribution >= 0.6 is 0 Å². The topological polar surface area (TPSA) is 67.1 Å². The number of alkyl halides is 3. The Morgan fingerprint density at radius 1 is 1.37 bits per heavy atom. The first kappa shape index (κ1) is 13.5. The average molecular weight is 275 g/mol. The fraction of sp³-hybridized carbons (Fsp3) is 0.500. The summed E-state index contributed by atoms with van der Waals surface area (Å²) >= 11 is 0. The standard InChI is InChI=1S/C10H12F3N5O/c1-17-8-7(4-16-17)9(15-6-14-8)18(2-3-19)5-10(11,12)13/h4,6,19H,2-3,5H2,1H3. The highest BCUT2D eigenvalue weighted by molar-refractivity contribution is 5.86. The smallest absolute Gasteiger partial charge is 0.395 e. The summed E-state index contributed by atoms with van der Waals surface area (Å²) in [5.41, 5.74) is 0.440. The summed E-state index contributed by atoms with van der Waals surface area (Å²) < 4.78 is 39.0. The number of hydrogen-bond acceptors (Lipinski definition) is 5. The number of hydrogen-bond donors (Lipinski definition) is 1. The molecule has 0 aliphatic heterocycles.